The molecule has 0 spiro atoms. The quantitative estimate of drug-likeness (QED) is 0.589. The second kappa shape index (κ2) is 7.63. The number of hydrogen-bond donors (Lipinski definition) is 2. The Morgan fingerprint density at radius 2 is 1.88 bits per heavy atom. The summed E-state index contributed by atoms with van der Waals surface area (Å²) in [5.74, 6) is -0.885. The van der Waals surface area contributed by atoms with E-state index in [1.807, 2.05) is 0 Å². The van der Waals surface area contributed by atoms with Gasteiger partial charge in [-0.1, -0.05) is 0 Å². The maximum Gasteiger partial charge on any atom is 0.321 e. The summed E-state index contributed by atoms with van der Waals surface area (Å²) in [4.78, 5) is 34.5. The predicted molar refractivity (Wildman–Crippen MR) is 56.7 cm³/mol. The van der Waals surface area contributed by atoms with Gasteiger partial charge in [-0.05, 0) is 14.0 Å². The number of nitrogens with one attached hydrogen (secondary N) is 2. The lowest BCUT2D eigenvalue weighted by Gasteiger charge is -2.14. The monoisotopic (exact) mass is 231 g/mol. The molecule has 0 aromatic heterocycles. The Morgan fingerprint density at radius 1 is 1.25 bits per heavy atom. The van der Waals surface area contributed by atoms with E-state index in [1.54, 1.807) is 14.0 Å². The molecule has 3 amide bonds. The molecule has 0 aromatic rings. The van der Waals surface area contributed by atoms with E-state index in [0.29, 0.717) is 6.61 Å². The molecule has 0 saturated carbocycles. The summed E-state index contributed by atoms with van der Waals surface area (Å²) in [6.45, 7) is 1.97. The first-order chi connectivity index (χ1) is 7.49. The molecular formula is C9H17N3O4. The van der Waals surface area contributed by atoms with Crippen LogP contribution in [0, 0.1) is 0 Å². The highest BCUT2D eigenvalue weighted by Crippen LogP contribution is 1.86. The first kappa shape index (κ1) is 14.4. The molecule has 0 aromatic carbocycles. The first-order valence-electron chi connectivity index (χ1n) is 4.85. The van der Waals surface area contributed by atoms with Crippen molar-refractivity contribution in [1.29, 1.82) is 0 Å². The summed E-state index contributed by atoms with van der Waals surface area (Å²) < 4.78 is 4.70. The molecule has 0 aliphatic heterocycles. The molecule has 2 N–H and O–H groups in total. The minimum atomic E-state index is -0.575. The third-order valence-corrected chi connectivity index (χ3v) is 1.60. The summed E-state index contributed by atoms with van der Waals surface area (Å²) in [6, 6.07) is -0.575. The molecule has 0 aliphatic rings. The third kappa shape index (κ3) is 6.77. The molecule has 92 valence electrons. The lowest BCUT2D eigenvalue weighted by molar-refractivity contribution is -0.144. The number of nitrogens with zero attached hydrogens (tertiary/aromatic N) is 1. The molecule has 7 nitrogen and oxygen atoms in total. The van der Waals surface area contributed by atoms with Gasteiger partial charge in [0.2, 0.25) is 5.91 Å². The molecule has 0 fully saturated rings. The van der Waals surface area contributed by atoms with Crippen LogP contribution in [0.2, 0.25) is 0 Å². The number of rotatable bonds is 5. The van der Waals surface area contributed by atoms with Crippen LogP contribution in [0.5, 0.6) is 0 Å². The molecule has 0 saturated heterocycles. The van der Waals surface area contributed by atoms with Crippen molar-refractivity contribution in [2.24, 2.45) is 0 Å². The van der Waals surface area contributed by atoms with Gasteiger partial charge in [0.25, 0.3) is 0 Å². The van der Waals surface area contributed by atoms with E-state index in [0.717, 1.165) is 0 Å². The number of ether oxygens (including phenoxy) is 1. The van der Waals surface area contributed by atoms with Gasteiger partial charge in [0.1, 0.15) is 0 Å². The second-order valence-electron chi connectivity index (χ2n) is 3.10. The molecule has 0 unspecified atom stereocenters. The highest BCUT2D eigenvalue weighted by Gasteiger charge is 2.12. The van der Waals surface area contributed by atoms with Crippen LogP contribution in [0.4, 0.5) is 4.79 Å². The topological polar surface area (TPSA) is 87.7 Å². The minimum absolute atomic E-state index is 0.00893. The Hall–Kier alpha value is -1.63. The van der Waals surface area contributed by atoms with Crippen LogP contribution in [0.1, 0.15) is 6.92 Å². The Labute approximate surface area is 94.1 Å². The van der Waals surface area contributed by atoms with Gasteiger partial charge in [-0.15, -0.1) is 0 Å². The van der Waals surface area contributed by atoms with Crippen molar-refractivity contribution in [2.75, 3.05) is 33.8 Å². The number of esters is 1. The van der Waals surface area contributed by atoms with Gasteiger partial charge in [-0.3, -0.25) is 19.8 Å². The van der Waals surface area contributed by atoms with Gasteiger partial charge in [0.05, 0.1) is 19.7 Å². The highest BCUT2D eigenvalue weighted by molar-refractivity contribution is 5.95. The predicted octanol–water partition coefficient (Wildman–Crippen LogP) is -1.06. The van der Waals surface area contributed by atoms with Crippen LogP contribution in [0.3, 0.4) is 0 Å². The molecule has 0 atom stereocenters. The van der Waals surface area contributed by atoms with Crippen LogP contribution in [0.15, 0.2) is 0 Å². The summed E-state index contributed by atoms with van der Waals surface area (Å²) in [5, 5.41) is 4.33. The second-order valence-corrected chi connectivity index (χ2v) is 3.10. The fraction of sp³-hybridized carbons (Fsp3) is 0.667. The van der Waals surface area contributed by atoms with Crippen molar-refractivity contribution < 1.29 is 19.1 Å². The Bertz CT molecular complexity index is 267. The van der Waals surface area contributed by atoms with Crippen molar-refractivity contribution >= 4 is 17.9 Å². The number of amides is 3. The lowest BCUT2D eigenvalue weighted by atomic mass is 10.5. The van der Waals surface area contributed by atoms with E-state index in [-0.39, 0.29) is 13.1 Å². The van der Waals surface area contributed by atoms with Gasteiger partial charge in [-0.25, -0.2) is 4.79 Å². The molecule has 7 heteroatoms. The zero-order valence-corrected chi connectivity index (χ0v) is 9.70. The van der Waals surface area contributed by atoms with Crippen LogP contribution < -0.4 is 10.6 Å². The van der Waals surface area contributed by atoms with E-state index in [4.69, 9.17) is 4.74 Å². The molecule has 0 aliphatic carbocycles. The Kier molecular flexibility index (Phi) is 6.86. The van der Waals surface area contributed by atoms with E-state index >= 15 is 0 Å². The maximum atomic E-state index is 11.2. The number of hydrogen-bond acceptors (Lipinski definition) is 5. The zero-order chi connectivity index (χ0) is 12.6. The van der Waals surface area contributed by atoms with Crippen molar-refractivity contribution in [3.63, 3.8) is 0 Å². The standard InChI is InChI=1S/C9H17N3O4/c1-4-16-8(14)6-12(3)5-7(13)11-9(15)10-2/h4-6H2,1-3H3,(H2,10,11,13,15). The molecule has 16 heavy (non-hydrogen) atoms. The molecule has 0 bridgehead atoms. The smallest absolute Gasteiger partial charge is 0.321 e. The van der Waals surface area contributed by atoms with Crippen molar-refractivity contribution in [2.45, 2.75) is 6.92 Å². The van der Waals surface area contributed by atoms with E-state index < -0.39 is 17.9 Å². The number of carbonyl (C=O) groups is 3. The molecular weight excluding hydrogens is 214 g/mol. The summed E-state index contributed by atoms with van der Waals surface area (Å²) in [6.07, 6.45) is 0. The number of likely N-dealkylation sites (N-methyl/N-ethyl adjacent to an activating group) is 1. The van der Waals surface area contributed by atoms with Crippen molar-refractivity contribution in [3.8, 4) is 0 Å². The maximum absolute atomic E-state index is 11.2. The van der Waals surface area contributed by atoms with Crippen LogP contribution in [-0.4, -0.2) is 56.6 Å². The Balaban J connectivity index is 3.86. The van der Waals surface area contributed by atoms with Gasteiger partial charge in [0, 0.05) is 7.05 Å². The summed E-state index contributed by atoms with van der Waals surface area (Å²) in [7, 11) is 2.99. The summed E-state index contributed by atoms with van der Waals surface area (Å²) >= 11 is 0. The number of carbonyl (C=O) groups excluding carboxylic acids is 3. The normalized spacial score (nSPS) is 9.75. The van der Waals surface area contributed by atoms with E-state index in [9.17, 15) is 14.4 Å². The molecule has 0 radical (unpaired) electrons. The van der Waals surface area contributed by atoms with Gasteiger partial charge in [-0.2, -0.15) is 0 Å². The van der Waals surface area contributed by atoms with Crippen LogP contribution >= 0.6 is 0 Å². The van der Waals surface area contributed by atoms with Gasteiger partial charge in [0.15, 0.2) is 0 Å². The van der Waals surface area contributed by atoms with E-state index in [2.05, 4.69) is 10.6 Å². The SMILES string of the molecule is CCOC(=O)CN(C)CC(=O)NC(=O)NC. The van der Waals surface area contributed by atoms with Crippen LogP contribution in [-0.2, 0) is 14.3 Å². The minimum Gasteiger partial charge on any atom is -0.465 e. The largest absolute Gasteiger partial charge is 0.465 e. The third-order valence-electron chi connectivity index (χ3n) is 1.60. The van der Waals surface area contributed by atoms with Crippen molar-refractivity contribution in [1.82, 2.24) is 15.5 Å². The fourth-order valence-electron chi connectivity index (χ4n) is 0.957. The average molecular weight is 231 g/mol. The first-order valence-corrected chi connectivity index (χ1v) is 4.85. The summed E-state index contributed by atoms with van der Waals surface area (Å²) in [5.41, 5.74) is 0. The van der Waals surface area contributed by atoms with E-state index in [1.165, 1.54) is 11.9 Å². The highest BCUT2D eigenvalue weighted by atomic mass is 16.5. The molecule has 0 rings (SSSR count). The van der Waals surface area contributed by atoms with Gasteiger partial charge < -0.3 is 10.1 Å². The molecule has 0 heterocycles. The number of imide groups is 1. The Morgan fingerprint density at radius 3 is 2.38 bits per heavy atom. The zero-order valence-electron chi connectivity index (χ0n) is 9.70. The fourth-order valence-corrected chi connectivity index (χ4v) is 0.957. The van der Waals surface area contributed by atoms with Crippen LogP contribution in [0.25, 0.3) is 0 Å². The van der Waals surface area contributed by atoms with Gasteiger partial charge >= 0.3 is 12.0 Å². The van der Waals surface area contributed by atoms with Crippen molar-refractivity contribution in [3.05, 3.63) is 0 Å². The number of urea groups is 1. The average Bonchev–Trinajstić information content (AvgIpc) is 2.16. The lowest BCUT2D eigenvalue weighted by Crippen LogP contribution is -2.43.